The number of hydrogen-bond donors (Lipinski definition) is 1. The predicted octanol–water partition coefficient (Wildman–Crippen LogP) is 3.76. The zero-order valence-electron chi connectivity index (χ0n) is 10.3. The second-order valence-electron chi connectivity index (χ2n) is 3.98. The van der Waals surface area contributed by atoms with Crippen LogP contribution < -0.4 is 5.32 Å². The predicted molar refractivity (Wildman–Crippen MR) is 66.8 cm³/mol. The van der Waals surface area contributed by atoms with E-state index < -0.39 is 12.8 Å². The van der Waals surface area contributed by atoms with E-state index in [9.17, 15) is 13.2 Å². The Balaban J connectivity index is 2.33. The van der Waals surface area contributed by atoms with Crippen molar-refractivity contribution in [3.63, 3.8) is 0 Å². The van der Waals surface area contributed by atoms with Crippen molar-refractivity contribution < 1.29 is 17.9 Å². The van der Waals surface area contributed by atoms with Crippen molar-refractivity contribution in [3.05, 3.63) is 22.4 Å². The standard InChI is InChI=1S/C12H18F3NOS/c1-2-6-16-10(11-4-3-8-18-11)5-7-17-9-12(13,14)15/h3-4,8,10,16H,2,5-7,9H2,1H3. The summed E-state index contributed by atoms with van der Waals surface area (Å²) in [5, 5.41) is 5.28. The molecule has 0 aromatic carbocycles. The average molecular weight is 281 g/mol. The largest absolute Gasteiger partial charge is 0.411 e. The Labute approximate surface area is 109 Å². The lowest BCUT2D eigenvalue weighted by Gasteiger charge is -2.17. The Hall–Kier alpha value is -0.590. The van der Waals surface area contributed by atoms with Crippen molar-refractivity contribution >= 4 is 11.3 Å². The molecule has 0 aliphatic rings. The lowest BCUT2D eigenvalue weighted by molar-refractivity contribution is -0.174. The Morgan fingerprint density at radius 2 is 2.22 bits per heavy atom. The summed E-state index contributed by atoms with van der Waals surface area (Å²) < 4.78 is 40.4. The van der Waals surface area contributed by atoms with Gasteiger partial charge in [-0.1, -0.05) is 13.0 Å². The first kappa shape index (κ1) is 15.5. The molecule has 1 aromatic heterocycles. The van der Waals surface area contributed by atoms with Crippen LogP contribution >= 0.6 is 11.3 Å². The van der Waals surface area contributed by atoms with Crippen LogP contribution in [0.1, 0.15) is 30.7 Å². The molecule has 1 N–H and O–H groups in total. The van der Waals surface area contributed by atoms with Crippen LogP contribution in [-0.4, -0.2) is 25.9 Å². The fraction of sp³-hybridized carbons (Fsp3) is 0.667. The van der Waals surface area contributed by atoms with Crippen LogP contribution in [0.5, 0.6) is 0 Å². The zero-order chi connectivity index (χ0) is 13.4. The smallest absolute Gasteiger partial charge is 0.372 e. The molecule has 0 saturated carbocycles. The third-order valence-electron chi connectivity index (χ3n) is 2.34. The van der Waals surface area contributed by atoms with Crippen molar-refractivity contribution in [1.29, 1.82) is 0 Å². The van der Waals surface area contributed by atoms with E-state index in [-0.39, 0.29) is 12.6 Å². The molecule has 1 heterocycles. The second kappa shape index (κ2) is 7.76. The van der Waals surface area contributed by atoms with Crippen LogP contribution in [-0.2, 0) is 4.74 Å². The van der Waals surface area contributed by atoms with E-state index in [1.807, 2.05) is 17.5 Å². The summed E-state index contributed by atoms with van der Waals surface area (Å²) in [7, 11) is 0. The molecule has 1 unspecified atom stereocenters. The lowest BCUT2D eigenvalue weighted by Crippen LogP contribution is -2.24. The molecule has 104 valence electrons. The van der Waals surface area contributed by atoms with Crippen LogP contribution in [0, 0.1) is 0 Å². The molecular weight excluding hydrogens is 263 g/mol. The molecule has 18 heavy (non-hydrogen) atoms. The first-order chi connectivity index (χ1) is 8.53. The molecule has 0 saturated heterocycles. The van der Waals surface area contributed by atoms with Crippen LogP contribution in [0.4, 0.5) is 13.2 Å². The van der Waals surface area contributed by atoms with E-state index in [2.05, 4.69) is 17.0 Å². The molecule has 0 aliphatic heterocycles. The van der Waals surface area contributed by atoms with Crippen molar-refractivity contribution in [2.24, 2.45) is 0 Å². The van der Waals surface area contributed by atoms with Gasteiger partial charge in [0.2, 0.25) is 0 Å². The van der Waals surface area contributed by atoms with Gasteiger partial charge in [-0.3, -0.25) is 0 Å². The zero-order valence-corrected chi connectivity index (χ0v) is 11.1. The van der Waals surface area contributed by atoms with E-state index >= 15 is 0 Å². The van der Waals surface area contributed by atoms with E-state index in [4.69, 9.17) is 0 Å². The van der Waals surface area contributed by atoms with Crippen LogP contribution in [0.25, 0.3) is 0 Å². The number of halogens is 3. The maximum Gasteiger partial charge on any atom is 0.411 e. The molecule has 1 atom stereocenters. The van der Waals surface area contributed by atoms with Crippen LogP contribution in [0.15, 0.2) is 17.5 Å². The molecule has 0 spiro atoms. The van der Waals surface area contributed by atoms with E-state index in [0.29, 0.717) is 6.42 Å². The monoisotopic (exact) mass is 281 g/mol. The number of hydrogen-bond acceptors (Lipinski definition) is 3. The normalized spacial score (nSPS) is 13.8. The van der Waals surface area contributed by atoms with Crippen molar-refractivity contribution in [3.8, 4) is 0 Å². The molecule has 0 bridgehead atoms. The third kappa shape index (κ3) is 6.37. The Bertz CT molecular complexity index is 314. The maximum atomic E-state index is 11.9. The summed E-state index contributed by atoms with van der Waals surface area (Å²) in [5.41, 5.74) is 0. The van der Waals surface area contributed by atoms with Crippen molar-refractivity contribution in [2.45, 2.75) is 32.0 Å². The molecule has 1 aromatic rings. The molecule has 0 amide bonds. The van der Waals surface area contributed by atoms with E-state index in [1.54, 1.807) is 11.3 Å². The highest BCUT2D eigenvalue weighted by molar-refractivity contribution is 7.10. The molecule has 0 radical (unpaired) electrons. The Morgan fingerprint density at radius 3 is 2.78 bits per heavy atom. The first-order valence-corrected chi connectivity index (χ1v) is 6.82. The van der Waals surface area contributed by atoms with Gasteiger partial charge < -0.3 is 10.1 Å². The van der Waals surface area contributed by atoms with Gasteiger partial charge in [0.15, 0.2) is 0 Å². The Morgan fingerprint density at radius 1 is 1.44 bits per heavy atom. The van der Waals surface area contributed by atoms with Gasteiger partial charge in [0.25, 0.3) is 0 Å². The van der Waals surface area contributed by atoms with E-state index in [0.717, 1.165) is 17.8 Å². The summed E-state index contributed by atoms with van der Waals surface area (Å²) in [5.74, 6) is 0. The molecule has 0 aliphatic carbocycles. The minimum absolute atomic E-state index is 0.0817. The minimum atomic E-state index is -4.24. The van der Waals surface area contributed by atoms with Gasteiger partial charge in [-0.25, -0.2) is 0 Å². The van der Waals surface area contributed by atoms with Crippen LogP contribution in [0.3, 0.4) is 0 Å². The summed E-state index contributed by atoms with van der Waals surface area (Å²) in [6.45, 7) is 1.84. The fourth-order valence-electron chi connectivity index (χ4n) is 1.54. The fourth-order valence-corrected chi connectivity index (χ4v) is 2.38. The minimum Gasteiger partial charge on any atom is -0.372 e. The highest BCUT2D eigenvalue weighted by Gasteiger charge is 2.27. The number of thiophene rings is 1. The highest BCUT2D eigenvalue weighted by Crippen LogP contribution is 2.22. The average Bonchev–Trinajstić information content (AvgIpc) is 2.80. The molecule has 6 heteroatoms. The van der Waals surface area contributed by atoms with Crippen molar-refractivity contribution in [1.82, 2.24) is 5.32 Å². The number of ether oxygens (including phenoxy) is 1. The van der Waals surface area contributed by atoms with Gasteiger partial charge in [0, 0.05) is 17.5 Å². The SMILES string of the molecule is CCCNC(CCOCC(F)(F)F)c1cccs1. The first-order valence-electron chi connectivity index (χ1n) is 5.94. The number of alkyl halides is 3. The van der Waals surface area contributed by atoms with Gasteiger partial charge in [0.1, 0.15) is 6.61 Å². The quantitative estimate of drug-likeness (QED) is 0.733. The lowest BCUT2D eigenvalue weighted by atomic mass is 10.1. The highest BCUT2D eigenvalue weighted by atomic mass is 32.1. The Kier molecular flexibility index (Phi) is 6.67. The van der Waals surface area contributed by atoms with Gasteiger partial charge in [-0.15, -0.1) is 11.3 Å². The number of rotatable bonds is 8. The summed E-state index contributed by atoms with van der Waals surface area (Å²) in [4.78, 5) is 1.14. The second-order valence-corrected chi connectivity index (χ2v) is 4.96. The van der Waals surface area contributed by atoms with Crippen molar-refractivity contribution in [2.75, 3.05) is 19.8 Å². The topological polar surface area (TPSA) is 21.3 Å². The van der Waals surface area contributed by atoms with Gasteiger partial charge in [0.05, 0.1) is 0 Å². The maximum absolute atomic E-state index is 11.9. The van der Waals surface area contributed by atoms with Gasteiger partial charge >= 0.3 is 6.18 Å². The summed E-state index contributed by atoms with van der Waals surface area (Å²) in [6.07, 6.45) is -2.70. The molecule has 0 fully saturated rings. The van der Waals surface area contributed by atoms with E-state index in [1.165, 1.54) is 0 Å². The molecule has 2 nitrogen and oxygen atoms in total. The van der Waals surface area contributed by atoms with Gasteiger partial charge in [-0.05, 0) is 30.8 Å². The van der Waals surface area contributed by atoms with Gasteiger partial charge in [-0.2, -0.15) is 13.2 Å². The summed E-state index contributed by atoms with van der Waals surface area (Å²) in [6, 6.07) is 4.01. The summed E-state index contributed by atoms with van der Waals surface area (Å²) >= 11 is 1.60. The molecule has 1 rings (SSSR count). The third-order valence-corrected chi connectivity index (χ3v) is 3.33. The molecular formula is C12H18F3NOS. The number of nitrogens with one attached hydrogen (secondary N) is 1. The van der Waals surface area contributed by atoms with Crippen LogP contribution in [0.2, 0.25) is 0 Å².